The van der Waals surface area contributed by atoms with Gasteiger partial charge in [-0.15, -0.1) is 0 Å². The van der Waals surface area contributed by atoms with Crippen LogP contribution in [0.4, 0.5) is 5.69 Å². The minimum atomic E-state index is -0.322. The van der Waals surface area contributed by atoms with Crippen molar-refractivity contribution in [2.24, 2.45) is 11.7 Å². The van der Waals surface area contributed by atoms with Crippen molar-refractivity contribution in [3.05, 3.63) is 39.9 Å². The standard InChI is InChI=1S/C12H15NO2.C2H6N2O.CH3NS/c1-9(10-4-2-5-10)11-6-3-7-12(8-11)13(14)15;1-3-4-2-5;2-1-3/h3,6-10H,2,4-5H2,1H3;2-3H,1H3,(H,4,5);1H,(H2,2,3). The second kappa shape index (κ2) is 12.5. The van der Waals surface area contributed by atoms with Gasteiger partial charge in [-0.1, -0.05) is 37.7 Å². The molecule has 1 atom stereocenters. The lowest BCUT2D eigenvalue weighted by Gasteiger charge is -2.31. The Bertz CT molecular complexity index is 495. The highest BCUT2D eigenvalue weighted by atomic mass is 32.1. The highest BCUT2D eigenvalue weighted by Gasteiger charge is 2.25. The van der Waals surface area contributed by atoms with Gasteiger partial charge in [0.25, 0.3) is 5.69 Å². The van der Waals surface area contributed by atoms with Crippen LogP contribution in [0.2, 0.25) is 0 Å². The molecule has 1 saturated carbocycles. The molecule has 1 aliphatic rings. The average Bonchev–Trinajstić information content (AvgIpc) is 2.48. The van der Waals surface area contributed by atoms with Gasteiger partial charge in [0.2, 0.25) is 6.41 Å². The fourth-order valence-electron chi connectivity index (χ4n) is 2.19. The predicted molar refractivity (Wildman–Crippen MR) is 95.0 cm³/mol. The number of nitrogens with two attached hydrogens (primary N) is 1. The molecule has 0 aromatic heterocycles. The first-order chi connectivity index (χ1) is 11.0. The Morgan fingerprint density at radius 2 is 2.09 bits per heavy atom. The maximum absolute atomic E-state index is 10.6. The number of amides is 1. The van der Waals surface area contributed by atoms with Crippen molar-refractivity contribution in [3.8, 4) is 0 Å². The minimum absolute atomic E-state index is 0.207. The first-order valence-corrected chi connectivity index (χ1v) is 7.74. The Labute approximate surface area is 141 Å². The number of hydrogen-bond donors (Lipinski definition) is 3. The van der Waals surface area contributed by atoms with Gasteiger partial charge in [-0.05, 0) is 30.2 Å². The Hall–Kier alpha value is -2.06. The van der Waals surface area contributed by atoms with E-state index in [0.717, 1.165) is 17.0 Å². The van der Waals surface area contributed by atoms with E-state index in [-0.39, 0.29) is 10.6 Å². The summed E-state index contributed by atoms with van der Waals surface area (Å²) in [5.41, 5.74) is 11.5. The lowest BCUT2D eigenvalue weighted by atomic mass is 9.74. The number of carbonyl (C=O) groups excluding carboxylic acids is 1. The molecule has 0 saturated heterocycles. The topological polar surface area (TPSA) is 110 Å². The van der Waals surface area contributed by atoms with Crippen molar-refractivity contribution < 1.29 is 9.72 Å². The minimum Gasteiger partial charge on any atom is -0.396 e. The first-order valence-electron chi connectivity index (χ1n) is 7.27. The maximum Gasteiger partial charge on any atom is 0.269 e. The van der Waals surface area contributed by atoms with E-state index in [1.54, 1.807) is 25.2 Å². The normalized spacial score (nSPS) is 13.8. The van der Waals surface area contributed by atoms with E-state index in [1.807, 2.05) is 6.07 Å². The molecule has 1 aromatic carbocycles. The molecule has 7 nitrogen and oxygen atoms in total. The number of rotatable bonds is 5. The molecular weight excluding hydrogens is 316 g/mol. The summed E-state index contributed by atoms with van der Waals surface area (Å²) >= 11 is 4.05. The summed E-state index contributed by atoms with van der Waals surface area (Å²) in [6.07, 6.45) is 4.41. The van der Waals surface area contributed by atoms with Gasteiger partial charge in [0.15, 0.2) is 0 Å². The SMILES string of the molecule is CC(c1cccc([N+](=O)[O-])c1)C1CCC1.CNNC=O.NC=S. The maximum atomic E-state index is 10.6. The molecule has 0 heterocycles. The smallest absolute Gasteiger partial charge is 0.269 e. The zero-order valence-corrected chi connectivity index (χ0v) is 14.2. The number of hydrazine groups is 1. The van der Waals surface area contributed by atoms with Crippen LogP contribution in [0.3, 0.4) is 0 Å². The molecule has 128 valence electrons. The van der Waals surface area contributed by atoms with Gasteiger partial charge in [-0.25, -0.2) is 5.43 Å². The van der Waals surface area contributed by atoms with Crippen LogP contribution in [0.15, 0.2) is 24.3 Å². The van der Waals surface area contributed by atoms with Crippen LogP contribution in [0.25, 0.3) is 0 Å². The van der Waals surface area contributed by atoms with E-state index in [2.05, 4.69) is 35.7 Å². The van der Waals surface area contributed by atoms with Crippen molar-refractivity contribution >= 4 is 29.8 Å². The quantitative estimate of drug-likeness (QED) is 0.328. The molecule has 1 fully saturated rings. The molecular formula is C15H24N4O3S. The Balaban J connectivity index is 0.000000511. The molecule has 23 heavy (non-hydrogen) atoms. The number of non-ortho nitro benzene ring substituents is 1. The Kier molecular flexibility index (Phi) is 11.4. The van der Waals surface area contributed by atoms with E-state index in [0.29, 0.717) is 12.3 Å². The summed E-state index contributed by atoms with van der Waals surface area (Å²) in [7, 11) is 1.62. The fourth-order valence-corrected chi connectivity index (χ4v) is 2.19. The molecule has 1 unspecified atom stereocenters. The number of hydrogen-bond acceptors (Lipinski definition) is 5. The summed E-state index contributed by atoms with van der Waals surface area (Å²) < 4.78 is 0. The van der Waals surface area contributed by atoms with Gasteiger partial charge in [-0.2, -0.15) is 0 Å². The van der Waals surface area contributed by atoms with Crippen LogP contribution < -0.4 is 16.6 Å². The summed E-state index contributed by atoms with van der Waals surface area (Å²) in [6.45, 7) is 2.17. The lowest BCUT2D eigenvalue weighted by molar-refractivity contribution is -0.384. The van der Waals surface area contributed by atoms with E-state index in [9.17, 15) is 14.9 Å². The Morgan fingerprint density at radius 3 is 2.43 bits per heavy atom. The second-order valence-corrected chi connectivity index (χ2v) is 5.25. The number of nitro benzene ring substituents is 1. The van der Waals surface area contributed by atoms with E-state index in [1.165, 1.54) is 19.3 Å². The second-order valence-electron chi connectivity index (χ2n) is 4.98. The van der Waals surface area contributed by atoms with Crippen LogP contribution in [-0.4, -0.2) is 23.9 Å². The number of carbonyl (C=O) groups is 1. The third-order valence-electron chi connectivity index (χ3n) is 3.67. The average molecular weight is 340 g/mol. The zero-order valence-electron chi connectivity index (χ0n) is 13.4. The molecule has 4 N–H and O–H groups in total. The third-order valence-corrected chi connectivity index (χ3v) is 3.67. The fraction of sp³-hybridized carbons (Fsp3) is 0.467. The molecule has 8 heteroatoms. The summed E-state index contributed by atoms with van der Waals surface area (Å²) in [6, 6.07) is 7.04. The van der Waals surface area contributed by atoms with Crippen molar-refractivity contribution in [2.75, 3.05) is 7.05 Å². The van der Waals surface area contributed by atoms with E-state index in [4.69, 9.17) is 0 Å². The molecule has 2 rings (SSSR count). The van der Waals surface area contributed by atoms with Crippen LogP contribution in [0, 0.1) is 16.0 Å². The van der Waals surface area contributed by atoms with Gasteiger partial charge in [0.1, 0.15) is 0 Å². The Morgan fingerprint density at radius 1 is 1.48 bits per heavy atom. The summed E-state index contributed by atoms with van der Waals surface area (Å²) in [5.74, 6) is 1.19. The molecule has 0 bridgehead atoms. The number of nitrogens with zero attached hydrogens (tertiary/aromatic N) is 1. The van der Waals surface area contributed by atoms with Gasteiger partial charge < -0.3 is 5.73 Å². The predicted octanol–water partition coefficient (Wildman–Crippen LogP) is 2.27. The lowest BCUT2D eigenvalue weighted by Crippen LogP contribution is -2.24. The molecule has 1 aliphatic carbocycles. The highest BCUT2D eigenvalue weighted by molar-refractivity contribution is 7.78. The monoisotopic (exact) mass is 340 g/mol. The number of benzene rings is 1. The first kappa shape index (κ1) is 20.9. The van der Waals surface area contributed by atoms with Crippen LogP contribution >= 0.6 is 12.2 Å². The summed E-state index contributed by atoms with van der Waals surface area (Å²) in [4.78, 5) is 19.5. The van der Waals surface area contributed by atoms with Gasteiger partial charge in [0.05, 0.1) is 10.4 Å². The van der Waals surface area contributed by atoms with E-state index >= 15 is 0 Å². The molecule has 0 radical (unpaired) electrons. The summed E-state index contributed by atoms with van der Waals surface area (Å²) in [5, 5.41) is 10.6. The van der Waals surface area contributed by atoms with Crippen molar-refractivity contribution in [1.82, 2.24) is 10.9 Å². The number of nitrogens with one attached hydrogen (secondary N) is 2. The van der Waals surface area contributed by atoms with Crippen molar-refractivity contribution in [1.29, 1.82) is 0 Å². The zero-order chi connectivity index (χ0) is 17.7. The molecule has 1 aromatic rings. The van der Waals surface area contributed by atoms with E-state index < -0.39 is 0 Å². The molecule has 0 aliphatic heterocycles. The van der Waals surface area contributed by atoms with Crippen LogP contribution in [0.5, 0.6) is 0 Å². The van der Waals surface area contributed by atoms with Crippen molar-refractivity contribution in [3.63, 3.8) is 0 Å². The van der Waals surface area contributed by atoms with Gasteiger partial charge in [-0.3, -0.25) is 20.3 Å². The van der Waals surface area contributed by atoms with Gasteiger partial charge >= 0.3 is 0 Å². The molecule has 0 spiro atoms. The number of thiocarbonyl (C=S) groups is 1. The largest absolute Gasteiger partial charge is 0.396 e. The van der Waals surface area contributed by atoms with Crippen LogP contribution in [0.1, 0.15) is 37.7 Å². The van der Waals surface area contributed by atoms with Gasteiger partial charge in [0, 0.05) is 19.2 Å². The highest BCUT2D eigenvalue weighted by Crippen LogP contribution is 2.39. The third kappa shape index (κ3) is 8.22. The van der Waals surface area contributed by atoms with Crippen LogP contribution in [-0.2, 0) is 4.79 Å². The number of nitro groups is 1. The molecule has 1 amide bonds. The van der Waals surface area contributed by atoms with Crippen molar-refractivity contribution in [2.45, 2.75) is 32.1 Å².